The Labute approximate surface area is 186 Å². The number of hydrogen-bond acceptors (Lipinski definition) is 6. The van der Waals surface area contributed by atoms with Crippen molar-refractivity contribution >= 4 is 17.3 Å². The highest BCUT2D eigenvalue weighted by Gasteiger charge is 2.57. The van der Waals surface area contributed by atoms with E-state index in [2.05, 4.69) is 17.2 Å². The van der Waals surface area contributed by atoms with Crippen molar-refractivity contribution in [2.45, 2.75) is 57.2 Å². The minimum absolute atomic E-state index is 0.0838. The Morgan fingerprint density at radius 3 is 2.53 bits per heavy atom. The van der Waals surface area contributed by atoms with Gasteiger partial charge in [0.1, 0.15) is 11.4 Å². The number of nitrogens with zero attached hydrogens (tertiary/aromatic N) is 2. The van der Waals surface area contributed by atoms with Crippen molar-refractivity contribution in [2.24, 2.45) is 27.5 Å². The molecular formula is C25H28N2O5. The van der Waals surface area contributed by atoms with Gasteiger partial charge in [-0.1, -0.05) is 13.0 Å². The number of aliphatic hydroxyl groups excluding tert-OH is 2. The number of aromatic hydroxyl groups is 1. The van der Waals surface area contributed by atoms with Crippen molar-refractivity contribution in [1.29, 1.82) is 0 Å². The number of fused-ring (bicyclic) bond motifs is 5. The monoisotopic (exact) mass is 436 g/mol. The second kappa shape index (κ2) is 7.67. The molecule has 2 saturated carbocycles. The van der Waals surface area contributed by atoms with E-state index in [0.29, 0.717) is 29.6 Å². The van der Waals surface area contributed by atoms with Crippen LogP contribution in [0, 0.1) is 17.3 Å². The van der Waals surface area contributed by atoms with E-state index < -0.39 is 18.2 Å². The third kappa shape index (κ3) is 3.22. The summed E-state index contributed by atoms with van der Waals surface area (Å²) >= 11 is 0. The largest absolute Gasteiger partial charge is 0.506 e. The van der Waals surface area contributed by atoms with Crippen LogP contribution in [0.25, 0.3) is 0 Å². The molecule has 3 aliphatic carbocycles. The number of carbonyl (C=O) groups is 1. The van der Waals surface area contributed by atoms with E-state index in [1.807, 2.05) is 6.07 Å². The Balaban J connectivity index is 1.45. The summed E-state index contributed by atoms with van der Waals surface area (Å²) in [5.74, 6) is 0.0832. The van der Waals surface area contributed by atoms with Gasteiger partial charge in [-0.3, -0.25) is 0 Å². The Morgan fingerprint density at radius 2 is 1.81 bits per heavy atom. The molecule has 4 N–H and O–H groups in total. The van der Waals surface area contributed by atoms with Gasteiger partial charge < -0.3 is 20.4 Å². The number of hydrogen-bond donors (Lipinski definition) is 4. The zero-order valence-corrected chi connectivity index (χ0v) is 18.0. The summed E-state index contributed by atoms with van der Waals surface area (Å²) in [6, 6.07) is 9.81. The molecule has 5 rings (SSSR count). The fourth-order valence-electron chi connectivity index (χ4n) is 6.51. The van der Waals surface area contributed by atoms with Gasteiger partial charge in [-0.05, 0) is 96.7 Å². The Hall–Kier alpha value is -2.77. The molecule has 2 fully saturated rings. The van der Waals surface area contributed by atoms with E-state index in [-0.39, 0.29) is 22.6 Å². The lowest BCUT2D eigenvalue weighted by atomic mass is 9.55. The zero-order valence-electron chi connectivity index (χ0n) is 18.0. The van der Waals surface area contributed by atoms with Crippen LogP contribution < -0.4 is 0 Å². The van der Waals surface area contributed by atoms with Crippen LogP contribution in [0.4, 0.5) is 11.4 Å². The van der Waals surface area contributed by atoms with Crippen molar-refractivity contribution in [1.82, 2.24) is 0 Å². The predicted molar refractivity (Wildman–Crippen MR) is 118 cm³/mol. The molecule has 0 saturated heterocycles. The average Bonchev–Trinajstić information content (AvgIpc) is 3.02. The quantitative estimate of drug-likeness (QED) is 0.520. The summed E-state index contributed by atoms with van der Waals surface area (Å²) in [6.07, 6.45) is 2.82. The van der Waals surface area contributed by atoms with Gasteiger partial charge >= 0.3 is 5.97 Å². The van der Waals surface area contributed by atoms with E-state index in [1.54, 1.807) is 18.2 Å². The fraction of sp³-hybridized carbons (Fsp3) is 0.480. The van der Waals surface area contributed by atoms with Gasteiger partial charge in [-0.2, -0.15) is 5.11 Å². The number of benzene rings is 2. The van der Waals surface area contributed by atoms with Gasteiger partial charge in [0.2, 0.25) is 0 Å². The summed E-state index contributed by atoms with van der Waals surface area (Å²) in [6.45, 7) is 2.12. The van der Waals surface area contributed by atoms with Gasteiger partial charge in [0, 0.05) is 0 Å². The van der Waals surface area contributed by atoms with Crippen LogP contribution in [0.15, 0.2) is 46.6 Å². The number of phenolic OH excluding ortho intramolecular Hbond substituents is 1. The molecule has 32 heavy (non-hydrogen) atoms. The average molecular weight is 437 g/mol. The van der Waals surface area contributed by atoms with Crippen molar-refractivity contribution in [2.75, 3.05) is 0 Å². The smallest absolute Gasteiger partial charge is 0.335 e. The van der Waals surface area contributed by atoms with E-state index in [0.717, 1.165) is 31.2 Å². The van der Waals surface area contributed by atoms with Gasteiger partial charge in [0.15, 0.2) is 0 Å². The van der Waals surface area contributed by atoms with Crippen molar-refractivity contribution < 1.29 is 25.2 Å². The molecule has 7 heteroatoms. The van der Waals surface area contributed by atoms with Crippen molar-refractivity contribution in [3.05, 3.63) is 53.1 Å². The molecule has 7 nitrogen and oxygen atoms in total. The van der Waals surface area contributed by atoms with Crippen LogP contribution in [-0.4, -0.2) is 38.6 Å². The topological polar surface area (TPSA) is 123 Å². The molecule has 0 amide bonds. The third-order valence-electron chi connectivity index (χ3n) is 8.21. The Kier molecular flexibility index (Phi) is 5.06. The molecule has 0 radical (unpaired) electrons. The molecule has 0 aromatic heterocycles. The predicted octanol–water partition coefficient (Wildman–Crippen LogP) is 4.69. The normalized spacial score (nSPS) is 33.5. The molecule has 0 aliphatic heterocycles. The number of rotatable bonds is 3. The maximum atomic E-state index is 11.0. The van der Waals surface area contributed by atoms with Gasteiger partial charge in [-0.25, -0.2) is 4.79 Å². The van der Waals surface area contributed by atoms with Gasteiger partial charge in [0.25, 0.3) is 0 Å². The molecule has 0 heterocycles. The molecule has 6 atom stereocenters. The molecule has 0 bridgehead atoms. The lowest BCUT2D eigenvalue weighted by Crippen LogP contribution is -2.44. The molecule has 0 unspecified atom stereocenters. The number of phenols is 1. The minimum Gasteiger partial charge on any atom is -0.506 e. The summed E-state index contributed by atoms with van der Waals surface area (Å²) in [5, 5.41) is 49.1. The lowest BCUT2D eigenvalue weighted by molar-refractivity contribution is -0.0505. The van der Waals surface area contributed by atoms with Crippen molar-refractivity contribution in [3.63, 3.8) is 0 Å². The van der Waals surface area contributed by atoms with Gasteiger partial charge in [0.05, 0.1) is 23.5 Å². The Morgan fingerprint density at radius 1 is 1.06 bits per heavy atom. The molecule has 2 aromatic carbocycles. The second-order valence-electron chi connectivity index (χ2n) is 9.76. The highest BCUT2D eigenvalue weighted by Crippen LogP contribution is 2.61. The summed E-state index contributed by atoms with van der Waals surface area (Å²) in [7, 11) is 0. The van der Waals surface area contributed by atoms with Crippen LogP contribution in [0.5, 0.6) is 5.75 Å². The highest BCUT2D eigenvalue weighted by atomic mass is 16.4. The second-order valence-corrected chi connectivity index (χ2v) is 9.76. The van der Waals surface area contributed by atoms with Crippen LogP contribution in [0.3, 0.4) is 0 Å². The van der Waals surface area contributed by atoms with Crippen LogP contribution in [-0.2, 0) is 6.42 Å². The van der Waals surface area contributed by atoms with E-state index in [1.165, 1.54) is 17.7 Å². The van der Waals surface area contributed by atoms with Crippen LogP contribution >= 0.6 is 0 Å². The summed E-state index contributed by atoms with van der Waals surface area (Å²) in [4.78, 5) is 11.0. The van der Waals surface area contributed by atoms with Crippen LogP contribution in [0.1, 0.15) is 60.0 Å². The maximum absolute atomic E-state index is 11.0. The number of carboxylic acid groups (broad SMARTS) is 1. The van der Waals surface area contributed by atoms with Gasteiger partial charge in [-0.15, -0.1) is 5.11 Å². The molecular weight excluding hydrogens is 408 g/mol. The third-order valence-corrected chi connectivity index (χ3v) is 8.21. The summed E-state index contributed by atoms with van der Waals surface area (Å²) in [5.41, 5.74) is 3.14. The molecule has 0 spiro atoms. The van der Waals surface area contributed by atoms with E-state index in [4.69, 9.17) is 5.11 Å². The van der Waals surface area contributed by atoms with E-state index >= 15 is 0 Å². The maximum Gasteiger partial charge on any atom is 0.335 e. The highest BCUT2D eigenvalue weighted by molar-refractivity contribution is 5.87. The number of aliphatic hydroxyl groups is 2. The Bertz CT molecular complexity index is 1080. The first-order valence-electron chi connectivity index (χ1n) is 11.3. The number of aromatic carboxylic acids is 1. The summed E-state index contributed by atoms with van der Waals surface area (Å²) < 4.78 is 0. The van der Waals surface area contributed by atoms with Crippen molar-refractivity contribution in [3.8, 4) is 5.75 Å². The molecule has 3 aliphatic rings. The fourth-order valence-corrected chi connectivity index (χ4v) is 6.51. The molecule has 2 aromatic rings. The zero-order chi connectivity index (χ0) is 22.6. The van der Waals surface area contributed by atoms with E-state index in [9.17, 15) is 20.1 Å². The lowest BCUT2D eigenvalue weighted by Gasteiger charge is -2.50. The SMILES string of the molecule is C[C@]12CC[C@@H]3c4ccc(O)c(N=Nc5ccc(C(=O)O)cc5)c4CC[C@H]3[C@@H]1C[C@@H](O)[C@@H]2O. The number of azo groups is 1. The minimum atomic E-state index is -0.997. The molecule has 168 valence electrons. The first-order valence-corrected chi connectivity index (χ1v) is 11.3. The number of carboxylic acids is 1. The first kappa shape index (κ1) is 21.1. The van der Waals surface area contributed by atoms with Crippen LogP contribution in [0.2, 0.25) is 0 Å². The first-order chi connectivity index (χ1) is 15.3. The standard InChI is InChI=1S/C25H28N2O5/c1-25-11-10-16-15-8-9-20(28)22(27-26-14-4-2-13(3-5-14)24(31)32)18(15)7-6-17(16)19(25)12-21(29)23(25)30/h2-5,8-9,16-17,19,21,23,28-30H,6-7,10-12H2,1H3,(H,31,32)/t16-,17-,19+,21-,23+,25+/m1/s1.